The molecule has 0 aromatic heterocycles. The van der Waals surface area contributed by atoms with E-state index in [1.807, 2.05) is 11.0 Å². The van der Waals surface area contributed by atoms with Crippen LogP contribution < -0.4 is 5.32 Å². The van der Waals surface area contributed by atoms with E-state index in [9.17, 15) is 4.79 Å². The maximum Gasteiger partial charge on any atom is 0.253 e. The second-order valence-corrected chi connectivity index (χ2v) is 3.73. The fraction of sp³-hybridized carbons (Fsp3) is 0.333. The van der Waals surface area contributed by atoms with Crippen molar-refractivity contribution in [1.82, 2.24) is 10.2 Å². The van der Waals surface area contributed by atoms with Crippen LogP contribution in [0, 0.1) is 11.3 Å². The summed E-state index contributed by atoms with van der Waals surface area (Å²) in [5.74, 6) is 0.0126. The molecule has 1 amide bonds. The number of carbonyl (C=O) groups is 1. The van der Waals surface area contributed by atoms with Crippen LogP contribution in [0.4, 0.5) is 0 Å². The Balaban J connectivity index is 0.00000144. The summed E-state index contributed by atoms with van der Waals surface area (Å²) in [6, 6.07) is 8.89. The van der Waals surface area contributed by atoms with Gasteiger partial charge in [-0.3, -0.25) is 4.79 Å². The average molecular weight is 252 g/mol. The van der Waals surface area contributed by atoms with E-state index in [1.54, 1.807) is 24.3 Å². The number of halogens is 1. The van der Waals surface area contributed by atoms with Gasteiger partial charge >= 0.3 is 0 Å². The van der Waals surface area contributed by atoms with Gasteiger partial charge in [0.25, 0.3) is 5.91 Å². The van der Waals surface area contributed by atoms with Crippen LogP contribution in [-0.2, 0) is 0 Å². The summed E-state index contributed by atoms with van der Waals surface area (Å²) in [6.07, 6.45) is 0. The Labute approximate surface area is 107 Å². The Bertz CT molecular complexity index is 436. The lowest BCUT2D eigenvalue weighted by Gasteiger charge is -2.27. The predicted octanol–water partition coefficient (Wildman–Crippen LogP) is 1.03. The van der Waals surface area contributed by atoms with E-state index < -0.39 is 0 Å². The molecule has 0 atom stereocenters. The third-order valence-corrected chi connectivity index (χ3v) is 2.64. The van der Waals surface area contributed by atoms with Gasteiger partial charge in [-0.1, -0.05) is 6.07 Å². The van der Waals surface area contributed by atoms with Crippen LogP contribution in [0.3, 0.4) is 0 Å². The molecule has 0 bridgehead atoms. The zero-order valence-corrected chi connectivity index (χ0v) is 10.2. The molecule has 0 aliphatic carbocycles. The molecule has 1 aromatic carbocycles. The monoisotopic (exact) mass is 251 g/mol. The van der Waals surface area contributed by atoms with Crippen LogP contribution >= 0.6 is 12.4 Å². The van der Waals surface area contributed by atoms with Gasteiger partial charge in [0.1, 0.15) is 0 Å². The number of benzene rings is 1. The molecule has 4 nitrogen and oxygen atoms in total. The number of rotatable bonds is 1. The van der Waals surface area contributed by atoms with Crippen molar-refractivity contribution in [2.24, 2.45) is 0 Å². The highest BCUT2D eigenvalue weighted by Crippen LogP contribution is 2.08. The summed E-state index contributed by atoms with van der Waals surface area (Å²) < 4.78 is 0. The Hall–Kier alpha value is -1.57. The molecule has 90 valence electrons. The lowest BCUT2D eigenvalue weighted by molar-refractivity contribution is 0.0736. The standard InChI is InChI=1S/C12H13N3O.ClH/c13-9-10-2-1-3-11(8-10)12(16)15-6-4-14-5-7-15;/h1-3,8,14H,4-7H2;1H. The molecule has 2 rings (SSSR count). The highest BCUT2D eigenvalue weighted by atomic mass is 35.5. The first kappa shape index (κ1) is 13.5. The lowest BCUT2D eigenvalue weighted by atomic mass is 10.1. The summed E-state index contributed by atoms with van der Waals surface area (Å²) in [5.41, 5.74) is 1.13. The van der Waals surface area contributed by atoms with Crippen molar-refractivity contribution in [3.05, 3.63) is 35.4 Å². The van der Waals surface area contributed by atoms with Crippen LogP contribution in [0.5, 0.6) is 0 Å². The van der Waals surface area contributed by atoms with E-state index in [1.165, 1.54) is 0 Å². The fourth-order valence-electron chi connectivity index (χ4n) is 1.77. The quantitative estimate of drug-likeness (QED) is 0.811. The zero-order chi connectivity index (χ0) is 11.4. The minimum absolute atomic E-state index is 0. The molecule has 17 heavy (non-hydrogen) atoms. The lowest BCUT2D eigenvalue weighted by Crippen LogP contribution is -2.46. The topological polar surface area (TPSA) is 56.1 Å². The Morgan fingerprint density at radius 3 is 2.71 bits per heavy atom. The summed E-state index contributed by atoms with van der Waals surface area (Å²) in [4.78, 5) is 13.9. The number of hydrogen-bond acceptors (Lipinski definition) is 3. The van der Waals surface area contributed by atoms with Crippen LogP contribution in [0.2, 0.25) is 0 Å². The molecule has 1 saturated heterocycles. The van der Waals surface area contributed by atoms with Crippen molar-refractivity contribution in [1.29, 1.82) is 5.26 Å². The number of nitrogens with one attached hydrogen (secondary N) is 1. The molecule has 1 N–H and O–H groups in total. The van der Waals surface area contributed by atoms with Gasteiger partial charge in [-0.15, -0.1) is 12.4 Å². The minimum atomic E-state index is 0. The van der Waals surface area contributed by atoms with Gasteiger partial charge in [0, 0.05) is 31.7 Å². The van der Waals surface area contributed by atoms with Gasteiger partial charge in [-0.25, -0.2) is 0 Å². The van der Waals surface area contributed by atoms with Crippen molar-refractivity contribution < 1.29 is 4.79 Å². The number of nitrogens with zero attached hydrogens (tertiary/aromatic N) is 2. The van der Waals surface area contributed by atoms with E-state index in [-0.39, 0.29) is 18.3 Å². The first-order valence-electron chi connectivity index (χ1n) is 5.31. The molecule has 1 fully saturated rings. The number of carbonyl (C=O) groups excluding carboxylic acids is 1. The number of piperazine rings is 1. The fourth-order valence-corrected chi connectivity index (χ4v) is 1.77. The van der Waals surface area contributed by atoms with Crippen LogP contribution in [0.15, 0.2) is 24.3 Å². The molecule has 0 spiro atoms. The minimum Gasteiger partial charge on any atom is -0.336 e. The van der Waals surface area contributed by atoms with E-state index >= 15 is 0 Å². The molecule has 0 unspecified atom stereocenters. The van der Waals surface area contributed by atoms with Crippen molar-refractivity contribution in [2.75, 3.05) is 26.2 Å². The maximum absolute atomic E-state index is 12.1. The van der Waals surface area contributed by atoms with Crippen molar-refractivity contribution in [3.8, 4) is 6.07 Å². The molecular weight excluding hydrogens is 238 g/mol. The first-order chi connectivity index (χ1) is 7.81. The highest BCUT2D eigenvalue weighted by molar-refractivity contribution is 5.94. The SMILES string of the molecule is Cl.N#Cc1cccc(C(=O)N2CCNCC2)c1. The molecule has 1 heterocycles. The van der Waals surface area contributed by atoms with Crippen LogP contribution in [0.25, 0.3) is 0 Å². The van der Waals surface area contributed by atoms with Gasteiger partial charge in [0.2, 0.25) is 0 Å². The van der Waals surface area contributed by atoms with Gasteiger partial charge in [0.05, 0.1) is 11.6 Å². The van der Waals surface area contributed by atoms with Gasteiger partial charge in [-0.05, 0) is 18.2 Å². The van der Waals surface area contributed by atoms with E-state index in [0.717, 1.165) is 26.2 Å². The van der Waals surface area contributed by atoms with Gasteiger partial charge in [0.15, 0.2) is 0 Å². The number of nitriles is 1. The first-order valence-corrected chi connectivity index (χ1v) is 5.31. The second-order valence-electron chi connectivity index (χ2n) is 3.73. The summed E-state index contributed by atoms with van der Waals surface area (Å²) >= 11 is 0. The van der Waals surface area contributed by atoms with Crippen LogP contribution in [0.1, 0.15) is 15.9 Å². The Morgan fingerprint density at radius 2 is 2.06 bits per heavy atom. The molecule has 0 saturated carbocycles. The van der Waals surface area contributed by atoms with E-state index in [2.05, 4.69) is 5.32 Å². The second kappa shape index (κ2) is 6.24. The van der Waals surface area contributed by atoms with E-state index in [4.69, 9.17) is 5.26 Å². The number of hydrogen-bond donors (Lipinski definition) is 1. The van der Waals surface area contributed by atoms with Crippen LogP contribution in [-0.4, -0.2) is 37.0 Å². The molecule has 0 radical (unpaired) electrons. The molecular formula is C12H14ClN3O. The summed E-state index contributed by atoms with van der Waals surface area (Å²) in [7, 11) is 0. The Morgan fingerprint density at radius 1 is 1.35 bits per heavy atom. The van der Waals surface area contributed by atoms with Gasteiger partial charge < -0.3 is 10.2 Å². The summed E-state index contributed by atoms with van der Waals surface area (Å²) in [6.45, 7) is 3.14. The van der Waals surface area contributed by atoms with E-state index in [0.29, 0.717) is 11.1 Å². The third-order valence-electron chi connectivity index (χ3n) is 2.64. The molecule has 1 aliphatic heterocycles. The maximum atomic E-state index is 12.1. The van der Waals surface area contributed by atoms with Gasteiger partial charge in [-0.2, -0.15) is 5.26 Å². The van der Waals surface area contributed by atoms with Crippen molar-refractivity contribution in [2.45, 2.75) is 0 Å². The third kappa shape index (κ3) is 3.19. The largest absolute Gasteiger partial charge is 0.336 e. The smallest absolute Gasteiger partial charge is 0.253 e. The highest BCUT2D eigenvalue weighted by Gasteiger charge is 2.17. The molecule has 1 aliphatic rings. The summed E-state index contributed by atoms with van der Waals surface area (Å²) in [5, 5.41) is 12.0. The van der Waals surface area contributed by atoms with Crippen molar-refractivity contribution >= 4 is 18.3 Å². The number of amides is 1. The molecule has 5 heteroatoms. The normalized spacial score (nSPS) is 14.6. The average Bonchev–Trinajstić information content (AvgIpc) is 2.39. The van der Waals surface area contributed by atoms with Crippen molar-refractivity contribution in [3.63, 3.8) is 0 Å². The Kier molecular flexibility index (Phi) is 4.95. The molecule has 1 aromatic rings. The zero-order valence-electron chi connectivity index (χ0n) is 9.35. The predicted molar refractivity (Wildman–Crippen MR) is 67.2 cm³/mol.